The van der Waals surface area contributed by atoms with Crippen molar-refractivity contribution < 1.29 is 5.11 Å². The van der Waals surface area contributed by atoms with Crippen LogP contribution in [0.15, 0.2) is 18.2 Å². The topological polar surface area (TPSA) is 74.9 Å². The second kappa shape index (κ2) is 4.47. The van der Waals surface area contributed by atoms with Gasteiger partial charge in [0.25, 0.3) is 0 Å². The van der Waals surface area contributed by atoms with Gasteiger partial charge in [0, 0.05) is 0 Å². The molecule has 0 aliphatic rings. The molecule has 0 fully saturated rings. The molecule has 2 atom stereocenters. The van der Waals surface area contributed by atoms with Crippen molar-refractivity contribution in [3.63, 3.8) is 0 Å². The first-order chi connectivity index (χ1) is 7.99. The standard InChI is InChI=1S/C13H19N3O/c1-7(2)9-4-5-10-11(6-9)16-13(15-10)12(14)8(3)17/h4-8,12,17H,14H2,1-3H3,(H,15,16)/t8-,12+/m1/s1. The molecular weight excluding hydrogens is 214 g/mol. The van der Waals surface area contributed by atoms with Crippen LogP contribution in [0, 0.1) is 0 Å². The lowest BCUT2D eigenvalue weighted by molar-refractivity contribution is 0.161. The van der Waals surface area contributed by atoms with Crippen LogP contribution in [0.3, 0.4) is 0 Å². The molecule has 4 nitrogen and oxygen atoms in total. The first kappa shape index (κ1) is 12.1. The number of H-pyrrole nitrogens is 1. The molecule has 1 aromatic carbocycles. The van der Waals surface area contributed by atoms with Crippen molar-refractivity contribution >= 4 is 11.0 Å². The number of nitrogens with zero attached hydrogens (tertiary/aromatic N) is 1. The number of hydrogen-bond donors (Lipinski definition) is 3. The highest BCUT2D eigenvalue weighted by Gasteiger charge is 2.16. The van der Waals surface area contributed by atoms with E-state index in [4.69, 9.17) is 5.73 Å². The van der Waals surface area contributed by atoms with Gasteiger partial charge in [-0.2, -0.15) is 0 Å². The molecule has 0 saturated heterocycles. The van der Waals surface area contributed by atoms with Gasteiger partial charge in [0.2, 0.25) is 0 Å². The van der Waals surface area contributed by atoms with Crippen LogP contribution >= 0.6 is 0 Å². The van der Waals surface area contributed by atoms with E-state index in [0.717, 1.165) is 11.0 Å². The van der Waals surface area contributed by atoms with E-state index in [1.54, 1.807) is 6.92 Å². The minimum absolute atomic E-state index is 0.468. The molecule has 0 aliphatic carbocycles. The number of nitrogens with one attached hydrogen (secondary N) is 1. The van der Waals surface area contributed by atoms with Gasteiger partial charge in [0.05, 0.1) is 23.2 Å². The Bertz CT molecular complexity index is 516. The maximum atomic E-state index is 9.46. The summed E-state index contributed by atoms with van der Waals surface area (Å²) in [6, 6.07) is 5.68. The van der Waals surface area contributed by atoms with E-state index in [1.165, 1.54) is 5.56 Å². The van der Waals surface area contributed by atoms with Crippen LogP contribution in [0.25, 0.3) is 11.0 Å². The number of rotatable bonds is 3. The van der Waals surface area contributed by atoms with E-state index < -0.39 is 12.1 Å². The number of aliphatic hydroxyl groups excluding tert-OH is 1. The lowest BCUT2D eigenvalue weighted by Gasteiger charge is -2.10. The average Bonchev–Trinajstić information content (AvgIpc) is 2.69. The molecule has 0 spiro atoms. The number of fused-ring (bicyclic) bond motifs is 1. The largest absolute Gasteiger partial charge is 0.391 e. The first-order valence-corrected chi connectivity index (χ1v) is 5.92. The van der Waals surface area contributed by atoms with Crippen LogP contribution < -0.4 is 5.73 Å². The Morgan fingerprint density at radius 1 is 1.29 bits per heavy atom. The molecule has 2 aromatic rings. The zero-order valence-corrected chi connectivity index (χ0v) is 10.4. The van der Waals surface area contributed by atoms with Gasteiger partial charge in [-0.15, -0.1) is 0 Å². The predicted octanol–water partition coefficient (Wildman–Crippen LogP) is 2.07. The number of aromatic nitrogens is 2. The van der Waals surface area contributed by atoms with Gasteiger partial charge in [0.15, 0.2) is 0 Å². The molecule has 4 heteroatoms. The molecule has 17 heavy (non-hydrogen) atoms. The molecule has 0 radical (unpaired) electrons. The van der Waals surface area contributed by atoms with E-state index in [9.17, 15) is 5.11 Å². The van der Waals surface area contributed by atoms with Gasteiger partial charge in [-0.1, -0.05) is 19.9 Å². The fourth-order valence-corrected chi connectivity index (χ4v) is 1.79. The molecule has 0 amide bonds. The summed E-state index contributed by atoms with van der Waals surface area (Å²) in [6.45, 7) is 5.97. The molecule has 1 heterocycles. The summed E-state index contributed by atoms with van der Waals surface area (Å²) >= 11 is 0. The zero-order valence-electron chi connectivity index (χ0n) is 10.4. The van der Waals surface area contributed by atoms with Crippen molar-refractivity contribution in [2.45, 2.75) is 38.8 Å². The molecule has 92 valence electrons. The average molecular weight is 233 g/mol. The second-order valence-corrected chi connectivity index (χ2v) is 4.82. The van der Waals surface area contributed by atoms with Crippen LogP contribution in [0.1, 0.15) is 44.1 Å². The third-order valence-electron chi connectivity index (χ3n) is 3.03. The number of imidazole rings is 1. The lowest BCUT2D eigenvalue weighted by atomic mass is 10.0. The van der Waals surface area contributed by atoms with Crippen molar-refractivity contribution in [2.75, 3.05) is 0 Å². The zero-order chi connectivity index (χ0) is 12.6. The van der Waals surface area contributed by atoms with E-state index in [-0.39, 0.29) is 0 Å². The predicted molar refractivity (Wildman–Crippen MR) is 68.8 cm³/mol. The molecule has 1 aromatic heterocycles. The van der Waals surface area contributed by atoms with Crippen molar-refractivity contribution in [3.05, 3.63) is 29.6 Å². The Hall–Kier alpha value is -1.39. The maximum absolute atomic E-state index is 9.46. The van der Waals surface area contributed by atoms with Crippen LogP contribution in [0.5, 0.6) is 0 Å². The Morgan fingerprint density at radius 2 is 2.00 bits per heavy atom. The summed E-state index contributed by atoms with van der Waals surface area (Å²) in [6.07, 6.45) is -0.611. The monoisotopic (exact) mass is 233 g/mol. The molecule has 2 rings (SSSR count). The first-order valence-electron chi connectivity index (χ1n) is 5.92. The highest BCUT2D eigenvalue weighted by atomic mass is 16.3. The van der Waals surface area contributed by atoms with Gasteiger partial charge in [0.1, 0.15) is 5.82 Å². The van der Waals surface area contributed by atoms with Crippen LogP contribution in [0.4, 0.5) is 0 Å². The highest BCUT2D eigenvalue weighted by Crippen LogP contribution is 2.21. The van der Waals surface area contributed by atoms with E-state index >= 15 is 0 Å². The Labute approximate surface area is 101 Å². The van der Waals surface area contributed by atoms with E-state index in [1.807, 2.05) is 6.07 Å². The van der Waals surface area contributed by atoms with Gasteiger partial charge >= 0.3 is 0 Å². The SMILES string of the molecule is CC(C)c1ccc2nc([C@@H](N)[C@@H](C)O)[nH]c2c1. The number of nitrogens with two attached hydrogens (primary N) is 1. The smallest absolute Gasteiger partial charge is 0.126 e. The van der Waals surface area contributed by atoms with E-state index in [0.29, 0.717) is 11.7 Å². The number of aromatic amines is 1. The minimum atomic E-state index is -0.611. The normalized spacial score (nSPS) is 15.4. The summed E-state index contributed by atoms with van der Waals surface area (Å²) < 4.78 is 0. The quantitative estimate of drug-likeness (QED) is 0.759. The molecule has 0 unspecified atom stereocenters. The molecule has 4 N–H and O–H groups in total. The third-order valence-corrected chi connectivity index (χ3v) is 3.03. The Balaban J connectivity index is 2.43. The molecular formula is C13H19N3O. The lowest BCUT2D eigenvalue weighted by Crippen LogP contribution is -2.24. The van der Waals surface area contributed by atoms with Crippen molar-refractivity contribution in [2.24, 2.45) is 5.73 Å². The van der Waals surface area contributed by atoms with Crippen molar-refractivity contribution in [1.29, 1.82) is 0 Å². The van der Waals surface area contributed by atoms with Crippen LogP contribution in [0.2, 0.25) is 0 Å². The molecule has 0 bridgehead atoms. The second-order valence-electron chi connectivity index (χ2n) is 4.82. The molecule has 0 saturated carbocycles. The number of hydrogen-bond acceptors (Lipinski definition) is 3. The summed E-state index contributed by atoms with van der Waals surface area (Å²) in [5.41, 5.74) is 8.98. The van der Waals surface area contributed by atoms with Crippen LogP contribution in [-0.4, -0.2) is 21.2 Å². The van der Waals surface area contributed by atoms with E-state index in [2.05, 4.69) is 35.9 Å². The number of aliphatic hydroxyl groups is 1. The third kappa shape index (κ3) is 2.33. The summed E-state index contributed by atoms with van der Waals surface area (Å²) in [4.78, 5) is 7.57. The fourth-order valence-electron chi connectivity index (χ4n) is 1.79. The highest BCUT2D eigenvalue weighted by molar-refractivity contribution is 5.76. The summed E-state index contributed by atoms with van der Waals surface area (Å²) in [7, 11) is 0. The molecule has 0 aliphatic heterocycles. The minimum Gasteiger partial charge on any atom is -0.391 e. The number of benzene rings is 1. The van der Waals surface area contributed by atoms with Gasteiger partial charge in [-0.25, -0.2) is 4.98 Å². The van der Waals surface area contributed by atoms with Crippen molar-refractivity contribution in [1.82, 2.24) is 9.97 Å². The summed E-state index contributed by atoms with van der Waals surface area (Å²) in [5.74, 6) is 1.12. The van der Waals surface area contributed by atoms with Gasteiger partial charge in [-0.3, -0.25) is 0 Å². The van der Waals surface area contributed by atoms with Crippen LogP contribution in [-0.2, 0) is 0 Å². The fraction of sp³-hybridized carbons (Fsp3) is 0.462. The van der Waals surface area contributed by atoms with Gasteiger partial charge < -0.3 is 15.8 Å². The summed E-state index contributed by atoms with van der Waals surface area (Å²) in [5, 5.41) is 9.46. The van der Waals surface area contributed by atoms with Gasteiger partial charge in [-0.05, 0) is 30.5 Å². The Kier molecular flexibility index (Phi) is 3.17. The van der Waals surface area contributed by atoms with Crippen molar-refractivity contribution in [3.8, 4) is 0 Å². The Morgan fingerprint density at radius 3 is 2.59 bits per heavy atom. The maximum Gasteiger partial charge on any atom is 0.126 e.